The lowest BCUT2D eigenvalue weighted by Gasteiger charge is -2.33. The van der Waals surface area contributed by atoms with Gasteiger partial charge in [-0.3, -0.25) is 9.09 Å². The lowest BCUT2D eigenvalue weighted by Crippen LogP contribution is -2.47. The molecular weight excluding hydrogens is 547 g/mol. The van der Waals surface area contributed by atoms with Crippen LogP contribution in [0.2, 0.25) is 0 Å². The number of hydrogen-bond donors (Lipinski definition) is 6. The number of aliphatic hydroxyl groups excluding tert-OH is 1. The van der Waals surface area contributed by atoms with Crippen LogP contribution in [0, 0.1) is 27.6 Å². The summed E-state index contributed by atoms with van der Waals surface area (Å²) in [5, 5.41) is 9.92. The first-order chi connectivity index (χ1) is 14.3. The molecule has 1 aromatic heterocycles. The number of aromatic amines is 1. The SMILES string of the molecule is C#C[C@](COP(=O)(O)OP(=O)(O)OP(=O)(O)O)(O[C@H](F)n1cc(F)c(=S)[nH]c1=S)[C@@H](C)O. The third kappa shape index (κ3) is 8.56. The molecule has 0 aliphatic rings. The number of aromatic nitrogens is 2. The molecular formula is C11H15F2N2O12P3S2. The van der Waals surface area contributed by atoms with Crippen LogP contribution in [0.1, 0.15) is 13.4 Å². The zero-order valence-electron chi connectivity index (χ0n) is 15.5. The Morgan fingerprint density at radius 2 is 1.81 bits per heavy atom. The molecule has 182 valence electrons. The van der Waals surface area contributed by atoms with Crippen molar-refractivity contribution in [3.05, 3.63) is 21.4 Å². The summed E-state index contributed by atoms with van der Waals surface area (Å²) in [7, 11) is -17.2. The Balaban J connectivity index is 3.12. The first kappa shape index (κ1) is 29.3. The van der Waals surface area contributed by atoms with E-state index >= 15 is 0 Å². The number of aliphatic hydroxyl groups is 1. The van der Waals surface area contributed by atoms with E-state index in [0.29, 0.717) is 10.8 Å². The molecule has 0 aliphatic carbocycles. The Bertz CT molecular complexity index is 1150. The third-order valence-corrected chi connectivity index (χ3v) is 7.62. The minimum Gasteiger partial charge on any atom is -0.389 e. The van der Waals surface area contributed by atoms with Crippen LogP contribution < -0.4 is 0 Å². The second kappa shape index (κ2) is 10.7. The molecule has 0 aromatic carbocycles. The number of H-pyrrole nitrogens is 1. The van der Waals surface area contributed by atoms with Crippen molar-refractivity contribution >= 4 is 47.9 Å². The van der Waals surface area contributed by atoms with E-state index in [9.17, 15) is 32.5 Å². The van der Waals surface area contributed by atoms with Crippen molar-refractivity contribution in [2.24, 2.45) is 0 Å². The molecule has 2 unspecified atom stereocenters. The van der Waals surface area contributed by atoms with Crippen LogP contribution in [0.3, 0.4) is 0 Å². The van der Waals surface area contributed by atoms with Crippen LogP contribution >= 0.6 is 47.9 Å². The molecule has 6 N–H and O–H groups in total. The van der Waals surface area contributed by atoms with Gasteiger partial charge in [-0.15, -0.1) is 6.42 Å². The van der Waals surface area contributed by atoms with Gasteiger partial charge in [0.2, 0.25) is 0 Å². The summed E-state index contributed by atoms with van der Waals surface area (Å²) in [6.07, 6.45) is 3.84. The van der Waals surface area contributed by atoms with E-state index in [1.54, 1.807) is 5.92 Å². The average molecular weight is 562 g/mol. The highest BCUT2D eigenvalue weighted by molar-refractivity contribution is 7.72. The van der Waals surface area contributed by atoms with Crippen molar-refractivity contribution in [2.75, 3.05) is 6.61 Å². The second-order valence-electron chi connectivity index (χ2n) is 5.63. The van der Waals surface area contributed by atoms with Crippen molar-refractivity contribution in [1.29, 1.82) is 0 Å². The summed E-state index contributed by atoms with van der Waals surface area (Å²) in [5.74, 6) is 0.636. The molecule has 0 amide bonds. The predicted octanol–water partition coefficient (Wildman–Crippen LogP) is 1.95. The molecule has 5 atom stereocenters. The summed E-state index contributed by atoms with van der Waals surface area (Å²) >= 11 is 9.34. The van der Waals surface area contributed by atoms with E-state index in [4.69, 9.17) is 38.1 Å². The van der Waals surface area contributed by atoms with Crippen LogP contribution in [0.4, 0.5) is 8.78 Å². The van der Waals surface area contributed by atoms with E-state index in [0.717, 1.165) is 6.92 Å². The van der Waals surface area contributed by atoms with E-state index in [2.05, 4.69) is 30.3 Å². The number of halogens is 2. The predicted molar refractivity (Wildman–Crippen MR) is 105 cm³/mol. The van der Waals surface area contributed by atoms with Crippen molar-refractivity contribution in [2.45, 2.75) is 25.1 Å². The number of ether oxygens (including phenoxy) is 1. The smallest absolute Gasteiger partial charge is 0.389 e. The normalized spacial score (nSPS) is 19.7. The van der Waals surface area contributed by atoms with E-state index in [1.165, 1.54) is 0 Å². The standard InChI is InChI=1S/C11H15F2N2O12P3S2/c1-3-11(6(2)16,25-9(13)15-4-7(12)8(31)14-10(15)32)5-24-29(20,21)27-30(22,23)26-28(17,18)19/h1,4,6,9,16H,5H2,2H3,(H,20,21)(H,22,23)(H,14,31,32)(H2,17,18,19)/t6-,9-,11-/m1/s1. The highest BCUT2D eigenvalue weighted by Gasteiger charge is 2.45. The fourth-order valence-corrected chi connectivity index (χ4v) is 5.27. The van der Waals surface area contributed by atoms with Gasteiger partial charge >= 0.3 is 23.5 Å². The molecule has 1 aromatic rings. The van der Waals surface area contributed by atoms with Gasteiger partial charge in [-0.05, 0) is 19.1 Å². The van der Waals surface area contributed by atoms with Crippen LogP contribution in [-0.4, -0.2) is 52.5 Å². The number of rotatable bonds is 11. The van der Waals surface area contributed by atoms with Crippen molar-refractivity contribution in [1.82, 2.24) is 9.55 Å². The van der Waals surface area contributed by atoms with E-state index in [1.807, 2.05) is 0 Å². The van der Waals surface area contributed by atoms with E-state index < -0.39 is 63.5 Å². The number of terminal acetylenes is 1. The van der Waals surface area contributed by atoms with Crippen molar-refractivity contribution in [3.63, 3.8) is 0 Å². The molecule has 0 saturated heterocycles. The lowest BCUT2D eigenvalue weighted by atomic mass is 10.0. The largest absolute Gasteiger partial charge is 0.490 e. The molecule has 1 heterocycles. The Morgan fingerprint density at radius 1 is 1.25 bits per heavy atom. The molecule has 21 heteroatoms. The molecule has 0 radical (unpaired) electrons. The summed E-state index contributed by atoms with van der Waals surface area (Å²) < 4.78 is 77.7. The molecule has 0 bridgehead atoms. The van der Waals surface area contributed by atoms with Gasteiger partial charge in [0.1, 0.15) is 11.2 Å². The second-order valence-corrected chi connectivity index (χ2v) is 10.8. The maximum absolute atomic E-state index is 14.7. The first-order valence-corrected chi connectivity index (χ1v) is 12.9. The number of nitrogens with one attached hydrogen (secondary N) is 1. The number of alkyl halides is 1. The number of phosphoric acid groups is 3. The lowest BCUT2D eigenvalue weighted by molar-refractivity contribution is -0.206. The van der Waals surface area contributed by atoms with Gasteiger partial charge in [0.15, 0.2) is 16.2 Å². The molecule has 0 saturated carbocycles. The van der Waals surface area contributed by atoms with Crippen molar-refractivity contribution < 1.29 is 65.0 Å². The van der Waals surface area contributed by atoms with Gasteiger partial charge < -0.3 is 34.4 Å². The van der Waals surface area contributed by atoms with Crippen LogP contribution in [-0.2, 0) is 31.6 Å². The van der Waals surface area contributed by atoms with Crippen LogP contribution in [0.15, 0.2) is 6.20 Å². The topological polar surface area (TPSA) is 210 Å². The van der Waals surface area contributed by atoms with Gasteiger partial charge in [0, 0.05) is 0 Å². The highest BCUT2D eigenvalue weighted by atomic mass is 32.1. The molecule has 14 nitrogen and oxygen atoms in total. The summed E-state index contributed by atoms with van der Waals surface area (Å²) in [4.78, 5) is 37.7. The number of phosphoric ester groups is 1. The quantitative estimate of drug-likeness (QED) is 0.129. The first-order valence-electron chi connectivity index (χ1n) is 7.60. The van der Waals surface area contributed by atoms with Gasteiger partial charge in [-0.2, -0.15) is 13.0 Å². The van der Waals surface area contributed by atoms with Gasteiger partial charge in [0.05, 0.1) is 12.3 Å². The number of hydrogen-bond acceptors (Lipinski definition) is 10. The Morgan fingerprint density at radius 3 is 2.28 bits per heavy atom. The Hall–Kier alpha value is -0.730. The Labute approximate surface area is 188 Å². The minimum atomic E-state index is -5.85. The fraction of sp³-hybridized carbons (Fsp3) is 0.455. The summed E-state index contributed by atoms with van der Waals surface area (Å²) in [6.45, 7) is -3.19. The molecule has 0 fully saturated rings. The monoisotopic (exact) mass is 562 g/mol. The fourth-order valence-electron chi connectivity index (χ4n) is 1.77. The van der Waals surface area contributed by atoms with Crippen molar-refractivity contribution in [3.8, 4) is 12.3 Å². The zero-order chi connectivity index (χ0) is 25.1. The van der Waals surface area contributed by atoms with E-state index in [-0.39, 0.29) is 0 Å². The molecule has 32 heavy (non-hydrogen) atoms. The Kier molecular flexibility index (Phi) is 9.78. The maximum Gasteiger partial charge on any atom is 0.490 e. The average Bonchev–Trinajstić information content (AvgIpc) is 2.58. The summed E-state index contributed by atoms with van der Waals surface area (Å²) in [6, 6.07) is 0. The number of nitrogens with zero attached hydrogens (tertiary/aromatic N) is 1. The summed E-state index contributed by atoms with van der Waals surface area (Å²) in [5.41, 5.74) is -2.61. The van der Waals surface area contributed by atoms with Gasteiger partial charge in [-0.25, -0.2) is 18.1 Å². The molecule has 1 rings (SSSR count). The molecule has 0 spiro atoms. The minimum absolute atomic E-state index is 0.347. The van der Waals surface area contributed by atoms with Crippen LogP contribution in [0.5, 0.6) is 0 Å². The van der Waals surface area contributed by atoms with Crippen LogP contribution in [0.25, 0.3) is 0 Å². The highest BCUT2D eigenvalue weighted by Crippen LogP contribution is 2.66. The maximum atomic E-state index is 14.7. The molecule has 0 aliphatic heterocycles. The third-order valence-electron chi connectivity index (χ3n) is 3.23. The van der Waals surface area contributed by atoms with Gasteiger partial charge in [0.25, 0.3) is 6.48 Å². The van der Waals surface area contributed by atoms with Gasteiger partial charge in [-0.1, -0.05) is 18.1 Å². The zero-order valence-corrected chi connectivity index (χ0v) is 19.8.